The smallest absolute Gasteiger partial charge is 0.408 e. The second-order valence-electron chi connectivity index (χ2n) is 5.46. The summed E-state index contributed by atoms with van der Waals surface area (Å²) in [6.45, 7) is 2.48. The topological polar surface area (TPSA) is 69.2 Å². The van der Waals surface area contributed by atoms with Gasteiger partial charge in [0.2, 0.25) is 0 Å². The van der Waals surface area contributed by atoms with Crippen LogP contribution in [-0.4, -0.2) is 32.6 Å². The zero-order valence-electron chi connectivity index (χ0n) is 11.6. The Morgan fingerprint density at radius 1 is 1.43 bits per heavy atom. The molecule has 2 aromatic rings. The fraction of sp³-hybridized carbons (Fsp3) is 0.333. The van der Waals surface area contributed by atoms with E-state index >= 15 is 0 Å². The lowest BCUT2D eigenvalue weighted by atomic mass is 9.98. The number of aromatic nitrogens is 2. The largest absolute Gasteiger partial charge is 0.465 e. The molecule has 21 heavy (non-hydrogen) atoms. The zero-order chi connectivity index (χ0) is 15.0. The summed E-state index contributed by atoms with van der Waals surface area (Å²) in [6, 6.07) is 7.92. The molecule has 3 rings (SSSR count). The van der Waals surface area contributed by atoms with Crippen molar-refractivity contribution in [3.63, 3.8) is 0 Å². The Balaban J connectivity index is 1.94. The van der Waals surface area contributed by atoms with Gasteiger partial charge in [-0.25, -0.2) is 9.78 Å². The number of aromatic amines is 1. The van der Waals surface area contributed by atoms with Crippen molar-refractivity contribution in [2.75, 3.05) is 6.54 Å². The summed E-state index contributed by atoms with van der Waals surface area (Å²) < 4.78 is 1.02. The fourth-order valence-electron chi connectivity index (χ4n) is 2.89. The van der Waals surface area contributed by atoms with Gasteiger partial charge in [0.25, 0.3) is 0 Å². The number of carbonyl (C=O) groups is 1. The molecule has 0 saturated carbocycles. The molecule has 1 aromatic carbocycles. The molecule has 1 atom stereocenters. The minimum Gasteiger partial charge on any atom is -0.465 e. The van der Waals surface area contributed by atoms with E-state index in [1.165, 1.54) is 4.90 Å². The van der Waals surface area contributed by atoms with Gasteiger partial charge in [-0.2, -0.15) is 0 Å². The summed E-state index contributed by atoms with van der Waals surface area (Å²) in [5, 5.41) is 9.34. The van der Waals surface area contributed by atoms with E-state index in [1.807, 2.05) is 31.2 Å². The van der Waals surface area contributed by atoms with Crippen LogP contribution < -0.4 is 0 Å². The summed E-state index contributed by atoms with van der Waals surface area (Å²) in [7, 11) is 0. The number of halogens is 1. The van der Waals surface area contributed by atoms with Gasteiger partial charge in [-0.05, 0) is 37.5 Å². The van der Waals surface area contributed by atoms with E-state index in [4.69, 9.17) is 0 Å². The summed E-state index contributed by atoms with van der Waals surface area (Å²) >= 11 is 3.41. The summed E-state index contributed by atoms with van der Waals surface area (Å²) in [5.74, 6) is 0.709. The molecule has 1 aromatic heterocycles. The van der Waals surface area contributed by atoms with Crippen LogP contribution in [0.25, 0.3) is 11.3 Å². The minimum absolute atomic E-state index is 0.556. The lowest BCUT2D eigenvalue weighted by molar-refractivity contribution is 0.106. The van der Waals surface area contributed by atoms with E-state index in [2.05, 4.69) is 25.9 Å². The van der Waals surface area contributed by atoms with Crippen molar-refractivity contribution >= 4 is 22.0 Å². The predicted octanol–water partition coefficient (Wildman–Crippen LogP) is 3.83. The van der Waals surface area contributed by atoms with E-state index in [0.29, 0.717) is 12.4 Å². The molecule has 110 valence electrons. The number of nitrogens with zero attached hydrogens (tertiary/aromatic N) is 2. The molecule has 2 N–H and O–H groups in total. The summed E-state index contributed by atoms with van der Waals surface area (Å²) in [6.07, 6.45) is 2.52. The number of hydrogen-bond donors (Lipinski definition) is 2. The Morgan fingerprint density at radius 3 is 2.81 bits per heavy atom. The van der Waals surface area contributed by atoms with Crippen LogP contribution in [-0.2, 0) is 5.54 Å². The molecule has 1 aliphatic rings. The predicted molar refractivity (Wildman–Crippen MR) is 83.0 cm³/mol. The second kappa shape index (κ2) is 5.18. The average Bonchev–Trinajstić information content (AvgIpc) is 3.07. The molecule has 6 heteroatoms. The molecule has 0 unspecified atom stereocenters. The van der Waals surface area contributed by atoms with Crippen LogP contribution in [0.2, 0.25) is 0 Å². The van der Waals surface area contributed by atoms with E-state index in [1.54, 1.807) is 6.20 Å². The highest BCUT2D eigenvalue weighted by molar-refractivity contribution is 9.10. The van der Waals surface area contributed by atoms with Crippen molar-refractivity contribution in [2.24, 2.45) is 0 Å². The van der Waals surface area contributed by atoms with E-state index in [9.17, 15) is 9.90 Å². The Bertz CT molecular complexity index is 668. The first kappa shape index (κ1) is 14.1. The van der Waals surface area contributed by atoms with Crippen molar-refractivity contribution in [3.8, 4) is 11.3 Å². The highest BCUT2D eigenvalue weighted by Crippen LogP contribution is 2.37. The van der Waals surface area contributed by atoms with Crippen molar-refractivity contribution in [3.05, 3.63) is 40.8 Å². The van der Waals surface area contributed by atoms with Gasteiger partial charge < -0.3 is 10.1 Å². The van der Waals surface area contributed by atoms with Crippen molar-refractivity contribution in [1.29, 1.82) is 0 Å². The van der Waals surface area contributed by atoms with Crippen LogP contribution in [0.1, 0.15) is 25.6 Å². The standard InChI is InChI=1S/C15H16BrN3O2/c1-15(7-2-8-19(15)14(20)21)13-17-9-12(18-13)10-3-5-11(16)6-4-10/h3-6,9H,2,7-8H2,1H3,(H,17,18)(H,20,21)/t15-/m0/s1. The van der Waals surface area contributed by atoms with Crippen LogP contribution in [0.3, 0.4) is 0 Å². The van der Waals surface area contributed by atoms with Crippen LogP contribution in [0.4, 0.5) is 4.79 Å². The Morgan fingerprint density at radius 2 is 2.14 bits per heavy atom. The first-order valence-corrected chi connectivity index (χ1v) is 7.62. The van der Waals surface area contributed by atoms with Gasteiger partial charge in [-0.3, -0.25) is 4.90 Å². The fourth-order valence-corrected chi connectivity index (χ4v) is 3.15. The molecular formula is C15H16BrN3O2. The number of H-pyrrole nitrogens is 1. The number of likely N-dealkylation sites (tertiary alicyclic amines) is 1. The lowest BCUT2D eigenvalue weighted by Crippen LogP contribution is -2.42. The Kier molecular flexibility index (Phi) is 3.49. The maximum absolute atomic E-state index is 11.4. The van der Waals surface area contributed by atoms with E-state index in [-0.39, 0.29) is 0 Å². The van der Waals surface area contributed by atoms with Gasteiger partial charge in [-0.15, -0.1) is 0 Å². The summed E-state index contributed by atoms with van der Waals surface area (Å²) in [4.78, 5) is 20.6. The number of rotatable bonds is 2. The van der Waals surface area contributed by atoms with Crippen LogP contribution in [0.15, 0.2) is 34.9 Å². The quantitative estimate of drug-likeness (QED) is 0.865. The number of imidazole rings is 1. The monoisotopic (exact) mass is 349 g/mol. The lowest BCUT2D eigenvalue weighted by Gasteiger charge is -2.31. The van der Waals surface area contributed by atoms with Gasteiger partial charge in [0.15, 0.2) is 0 Å². The van der Waals surface area contributed by atoms with Crippen LogP contribution in [0.5, 0.6) is 0 Å². The van der Waals surface area contributed by atoms with Gasteiger partial charge in [0, 0.05) is 11.0 Å². The molecule has 1 aliphatic heterocycles. The van der Waals surface area contributed by atoms with Gasteiger partial charge in [0.1, 0.15) is 11.4 Å². The molecule has 1 saturated heterocycles. The zero-order valence-corrected chi connectivity index (χ0v) is 13.2. The van der Waals surface area contributed by atoms with Gasteiger partial charge in [-0.1, -0.05) is 28.1 Å². The molecular weight excluding hydrogens is 334 g/mol. The highest BCUT2D eigenvalue weighted by Gasteiger charge is 2.43. The number of hydrogen-bond acceptors (Lipinski definition) is 2. The third kappa shape index (κ3) is 2.44. The van der Waals surface area contributed by atoms with E-state index in [0.717, 1.165) is 28.6 Å². The van der Waals surface area contributed by atoms with Crippen molar-refractivity contribution in [1.82, 2.24) is 14.9 Å². The van der Waals surface area contributed by atoms with Crippen LogP contribution in [0, 0.1) is 0 Å². The number of benzene rings is 1. The minimum atomic E-state index is -0.892. The molecule has 0 aliphatic carbocycles. The molecule has 5 nitrogen and oxygen atoms in total. The molecule has 1 amide bonds. The van der Waals surface area contributed by atoms with Crippen LogP contribution >= 0.6 is 15.9 Å². The number of amides is 1. The van der Waals surface area contributed by atoms with Crippen molar-refractivity contribution in [2.45, 2.75) is 25.3 Å². The third-order valence-electron chi connectivity index (χ3n) is 4.11. The second-order valence-corrected chi connectivity index (χ2v) is 6.38. The molecule has 0 bridgehead atoms. The van der Waals surface area contributed by atoms with Gasteiger partial charge >= 0.3 is 6.09 Å². The van der Waals surface area contributed by atoms with E-state index < -0.39 is 11.6 Å². The molecule has 0 radical (unpaired) electrons. The first-order valence-electron chi connectivity index (χ1n) is 6.83. The molecule has 2 heterocycles. The normalized spacial score (nSPS) is 21.7. The molecule has 1 fully saturated rings. The maximum atomic E-state index is 11.4. The maximum Gasteiger partial charge on any atom is 0.408 e. The third-order valence-corrected chi connectivity index (χ3v) is 4.64. The SMILES string of the molecule is C[C@@]1(c2ncc(-c3ccc(Br)cc3)[nH]2)CCCN1C(=O)O. The highest BCUT2D eigenvalue weighted by atomic mass is 79.9. The van der Waals surface area contributed by atoms with Crippen molar-refractivity contribution < 1.29 is 9.90 Å². The Hall–Kier alpha value is -1.82. The first-order chi connectivity index (χ1) is 10.0. The number of nitrogens with one attached hydrogen (secondary N) is 1. The average molecular weight is 350 g/mol. The Labute approximate surface area is 131 Å². The van der Waals surface area contributed by atoms with Gasteiger partial charge in [0.05, 0.1) is 11.9 Å². The summed E-state index contributed by atoms with van der Waals surface area (Å²) in [5.41, 5.74) is 1.36. The number of carboxylic acid groups (broad SMARTS) is 1. The molecule has 0 spiro atoms.